The third kappa shape index (κ3) is 6.65. The highest BCUT2D eigenvalue weighted by Crippen LogP contribution is 2.39. The summed E-state index contributed by atoms with van der Waals surface area (Å²) < 4.78 is 73.8. The first-order valence-corrected chi connectivity index (χ1v) is 17.8. The molecule has 0 aliphatic heterocycles. The summed E-state index contributed by atoms with van der Waals surface area (Å²) in [6.07, 6.45) is 0. The number of hydrogen-bond donors (Lipinski definition) is 0. The number of hydrogen-bond acceptors (Lipinski definition) is 2. The van der Waals surface area contributed by atoms with E-state index in [1.165, 1.54) is 0 Å². The lowest BCUT2D eigenvalue weighted by Gasteiger charge is -2.26. The van der Waals surface area contributed by atoms with Gasteiger partial charge in [0.15, 0.2) is 0 Å². The quantitative estimate of drug-likeness (QED) is 0.148. The molecule has 0 aliphatic carbocycles. The molecule has 0 unspecified atom stereocenters. The summed E-state index contributed by atoms with van der Waals surface area (Å²) in [6.45, 7) is 0. The van der Waals surface area contributed by atoms with Crippen molar-refractivity contribution < 1.29 is 11.0 Å². The molecule has 0 fully saturated rings. The predicted octanol–water partition coefficient (Wildman–Crippen LogP) is 14.8. The molecular weight excluding hydrogens is 653 g/mol. The van der Waals surface area contributed by atoms with E-state index in [-0.39, 0.29) is 70.8 Å². The molecule has 0 N–H and O–H groups in total. The molecule has 0 bridgehead atoms. The Morgan fingerprint density at radius 3 is 1.09 bits per heavy atom. The van der Waals surface area contributed by atoms with Gasteiger partial charge in [0.05, 0.1) is 11.0 Å². The normalized spacial score (nSPS) is 13.0. The fourth-order valence-electron chi connectivity index (χ4n) is 6.74. The number of fused-ring (bicyclic) bond motifs is 1. The molecule has 0 atom stereocenters. The van der Waals surface area contributed by atoms with Crippen LogP contribution in [0.15, 0.2) is 230 Å². The van der Waals surface area contributed by atoms with Crippen molar-refractivity contribution in [2.24, 2.45) is 0 Å². The zero-order chi connectivity index (χ0) is 43.1. The van der Waals surface area contributed by atoms with Crippen LogP contribution in [0, 0.1) is 0 Å². The maximum atomic E-state index is 9.35. The predicted molar refractivity (Wildman–Crippen MR) is 230 cm³/mol. The molecular formula is C52H38N2. The van der Waals surface area contributed by atoms with Gasteiger partial charge in [0.1, 0.15) is 0 Å². The van der Waals surface area contributed by atoms with Crippen LogP contribution >= 0.6 is 0 Å². The maximum absolute atomic E-state index is 9.35. The summed E-state index contributed by atoms with van der Waals surface area (Å²) in [7, 11) is 0. The van der Waals surface area contributed by atoms with Crippen LogP contribution < -0.4 is 9.80 Å². The maximum Gasteiger partial charge on any atom is 0.0645 e. The second-order valence-electron chi connectivity index (χ2n) is 12.8. The van der Waals surface area contributed by atoms with Gasteiger partial charge in [-0.1, -0.05) is 158 Å². The molecule has 0 saturated carbocycles. The fourth-order valence-corrected chi connectivity index (χ4v) is 6.74. The SMILES string of the molecule is [2H]c1c([2H])c(N(c2ccccc2)c2ccccc2)c([2H])c([2H])c1-c1ccc(-c2c([2H])c([2H])c(N(c3ccccc3)c3ccc(-c4cccc5ccccc45)cc3)c([2H])c2[2H])cc1. The van der Waals surface area contributed by atoms with Crippen molar-refractivity contribution in [3.63, 3.8) is 0 Å². The van der Waals surface area contributed by atoms with Gasteiger partial charge in [-0.15, -0.1) is 0 Å². The lowest BCUT2D eigenvalue weighted by Crippen LogP contribution is -2.09. The van der Waals surface area contributed by atoms with E-state index in [4.69, 9.17) is 5.48 Å². The third-order valence-corrected chi connectivity index (χ3v) is 9.40. The Bertz CT molecular complexity index is 2990. The van der Waals surface area contributed by atoms with Gasteiger partial charge in [-0.3, -0.25) is 0 Å². The Morgan fingerprint density at radius 1 is 0.259 bits per heavy atom. The van der Waals surface area contributed by atoms with Crippen LogP contribution in [0.1, 0.15) is 11.0 Å². The van der Waals surface area contributed by atoms with Crippen LogP contribution in [0.4, 0.5) is 34.1 Å². The molecule has 0 amide bonds. The molecule has 2 nitrogen and oxygen atoms in total. The minimum atomic E-state index is -0.224. The van der Waals surface area contributed by atoms with Crippen LogP contribution in [0.2, 0.25) is 0 Å². The molecule has 0 saturated heterocycles. The highest BCUT2D eigenvalue weighted by Gasteiger charge is 2.15. The van der Waals surface area contributed by atoms with E-state index in [1.807, 2.05) is 133 Å². The molecule has 0 aliphatic rings. The van der Waals surface area contributed by atoms with Crippen molar-refractivity contribution in [3.05, 3.63) is 230 Å². The first kappa shape index (κ1) is 24.9. The zero-order valence-electron chi connectivity index (χ0n) is 37.2. The third-order valence-electron chi connectivity index (χ3n) is 9.40. The topological polar surface area (TPSA) is 6.48 Å². The summed E-state index contributed by atoms with van der Waals surface area (Å²) in [5.74, 6) is 0. The summed E-state index contributed by atoms with van der Waals surface area (Å²) in [5.41, 5.74) is 6.04. The van der Waals surface area contributed by atoms with E-state index in [9.17, 15) is 5.48 Å². The van der Waals surface area contributed by atoms with Crippen molar-refractivity contribution in [2.75, 3.05) is 9.80 Å². The van der Waals surface area contributed by atoms with Crippen molar-refractivity contribution in [1.29, 1.82) is 0 Å². The molecule has 2 heteroatoms. The first-order chi connectivity index (χ1) is 30.1. The Morgan fingerprint density at radius 2 is 0.630 bits per heavy atom. The molecule has 0 aromatic heterocycles. The number of rotatable bonds is 9. The van der Waals surface area contributed by atoms with E-state index >= 15 is 0 Å². The monoisotopic (exact) mass is 698 g/mol. The van der Waals surface area contributed by atoms with E-state index in [2.05, 4.69) is 24.3 Å². The summed E-state index contributed by atoms with van der Waals surface area (Å²) in [6, 6.07) is 55.1. The average molecular weight is 699 g/mol. The lowest BCUT2D eigenvalue weighted by atomic mass is 9.98. The molecule has 256 valence electrons. The molecule has 9 rings (SSSR count). The summed E-state index contributed by atoms with van der Waals surface area (Å²) in [4.78, 5) is 3.48. The molecule has 0 radical (unpaired) electrons. The van der Waals surface area contributed by atoms with Gasteiger partial charge in [0.25, 0.3) is 0 Å². The van der Waals surface area contributed by atoms with Crippen LogP contribution in [0.5, 0.6) is 0 Å². The average Bonchev–Trinajstić information content (AvgIpc) is 3.32. The van der Waals surface area contributed by atoms with Gasteiger partial charge >= 0.3 is 0 Å². The van der Waals surface area contributed by atoms with Crippen LogP contribution in [-0.2, 0) is 0 Å². The van der Waals surface area contributed by atoms with Gasteiger partial charge < -0.3 is 9.80 Å². The molecule has 0 heterocycles. The number of para-hydroxylation sites is 3. The Hall–Kier alpha value is -7.16. The molecule has 0 spiro atoms. The second-order valence-corrected chi connectivity index (χ2v) is 12.8. The van der Waals surface area contributed by atoms with Crippen molar-refractivity contribution in [3.8, 4) is 33.4 Å². The second kappa shape index (κ2) is 14.8. The lowest BCUT2D eigenvalue weighted by molar-refractivity contribution is 1.28. The Labute approximate surface area is 328 Å². The van der Waals surface area contributed by atoms with E-state index in [0.29, 0.717) is 33.9 Å². The number of anilines is 6. The van der Waals surface area contributed by atoms with Gasteiger partial charge in [0.2, 0.25) is 0 Å². The first-order valence-electron chi connectivity index (χ1n) is 21.8. The Balaban J connectivity index is 1.10. The Kier molecular flexibility index (Phi) is 6.84. The zero-order valence-corrected chi connectivity index (χ0v) is 29.2. The van der Waals surface area contributed by atoms with Crippen molar-refractivity contribution >= 4 is 44.9 Å². The molecule has 9 aromatic rings. The van der Waals surface area contributed by atoms with Gasteiger partial charge in [-0.25, -0.2) is 0 Å². The standard InChI is InChI=1S/C52H38N2/c1-4-15-45(16-5-1)53(46-17-6-2-7-18-46)48-33-27-41(28-34-48)39-23-25-40(26-24-39)42-29-35-49(36-30-42)54(47-19-8-3-9-20-47)50-37-31-44(32-38-50)52-22-12-14-43-13-10-11-21-51(43)52/h1-38H/i27D,28D,29D,30D,33D,34D,35D,36D. The van der Waals surface area contributed by atoms with Gasteiger partial charge in [0, 0.05) is 34.1 Å². The van der Waals surface area contributed by atoms with Crippen LogP contribution in [0.25, 0.3) is 44.2 Å². The van der Waals surface area contributed by atoms with Gasteiger partial charge in [-0.05, 0) is 117 Å². The summed E-state index contributed by atoms with van der Waals surface area (Å²) >= 11 is 0. The molecule has 9 aromatic carbocycles. The van der Waals surface area contributed by atoms with Crippen LogP contribution in [-0.4, -0.2) is 0 Å². The minimum Gasteiger partial charge on any atom is -0.311 e. The van der Waals surface area contributed by atoms with Crippen molar-refractivity contribution in [2.45, 2.75) is 0 Å². The fraction of sp³-hybridized carbons (Fsp3) is 0. The smallest absolute Gasteiger partial charge is 0.0645 e. The van der Waals surface area contributed by atoms with E-state index in [0.717, 1.165) is 21.9 Å². The van der Waals surface area contributed by atoms with Crippen molar-refractivity contribution in [1.82, 2.24) is 0 Å². The van der Waals surface area contributed by atoms with Gasteiger partial charge in [-0.2, -0.15) is 0 Å². The minimum absolute atomic E-state index is 0.103. The highest BCUT2D eigenvalue weighted by atomic mass is 15.1. The number of nitrogens with zero attached hydrogens (tertiary/aromatic N) is 2. The number of benzene rings is 9. The molecule has 54 heavy (non-hydrogen) atoms. The summed E-state index contributed by atoms with van der Waals surface area (Å²) in [5, 5.41) is 2.26. The van der Waals surface area contributed by atoms with Crippen LogP contribution in [0.3, 0.4) is 0 Å². The van der Waals surface area contributed by atoms with E-state index in [1.54, 1.807) is 34.1 Å². The highest BCUT2D eigenvalue weighted by molar-refractivity contribution is 5.97. The largest absolute Gasteiger partial charge is 0.311 e. The van der Waals surface area contributed by atoms with E-state index < -0.39 is 0 Å².